The van der Waals surface area contributed by atoms with Crippen LogP contribution in [0.25, 0.3) is 11.4 Å². The molecule has 3 aliphatic rings. The van der Waals surface area contributed by atoms with Crippen molar-refractivity contribution < 1.29 is 0 Å². The standard InChI is InChI=1S/C22H24N6O/c1-26-7-6-23-21(26)17-4-5-19-16-8-14(11-28(19)22(17)29)10-27(12-16)20-9-18(15-2-3-15)24-13-25-20/h4-7,9,13-16H,2-3,8,10-12H2,1H3/t14-,16+/m0/s1. The SMILES string of the molecule is Cn1ccnc1-c1ccc2n(c1=O)C[C@H]1C[C@@H]2CN(c2cc(C3CC3)ncn2)C1. The lowest BCUT2D eigenvalue weighted by Crippen LogP contribution is -2.47. The molecule has 6 rings (SSSR count). The molecule has 148 valence electrons. The van der Waals surface area contributed by atoms with Gasteiger partial charge in [0.1, 0.15) is 18.0 Å². The molecule has 2 bridgehead atoms. The van der Waals surface area contributed by atoms with E-state index in [-0.39, 0.29) is 5.56 Å². The first-order valence-electron chi connectivity index (χ1n) is 10.5. The Labute approximate surface area is 169 Å². The second-order valence-electron chi connectivity index (χ2n) is 8.73. The molecule has 1 saturated heterocycles. The second-order valence-corrected chi connectivity index (χ2v) is 8.73. The molecule has 0 aromatic carbocycles. The Kier molecular flexibility index (Phi) is 3.66. The van der Waals surface area contributed by atoms with Crippen molar-refractivity contribution in [3.8, 4) is 11.4 Å². The van der Waals surface area contributed by atoms with Gasteiger partial charge in [-0.15, -0.1) is 0 Å². The van der Waals surface area contributed by atoms with Crippen LogP contribution in [-0.4, -0.2) is 37.2 Å². The maximum Gasteiger partial charge on any atom is 0.261 e. The van der Waals surface area contributed by atoms with E-state index < -0.39 is 0 Å². The molecule has 5 heterocycles. The molecule has 29 heavy (non-hydrogen) atoms. The Bertz CT molecular complexity index is 1140. The lowest BCUT2D eigenvalue weighted by molar-refractivity contribution is 0.281. The van der Waals surface area contributed by atoms with Gasteiger partial charge in [-0.3, -0.25) is 4.79 Å². The monoisotopic (exact) mass is 388 g/mol. The number of imidazole rings is 1. The van der Waals surface area contributed by atoms with Gasteiger partial charge in [0.05, 0.1) is 5.56 Å². The molecule has 1 saturated carbocycles. The van der Waals surface area contributed by atoms with Crippen LogP contribution in [0.2, 0.25) is 0 Å². The average Bonchev–Trinajstić information content (AvgIpc) is 3.50. The highest BCUT2D eigenvalue weighted by Gasteiger charge is 2.36. The van der Waals surface area contributed by atoms with Crippen molar-refractivity contribution in [2.45, 2.75) is 37.6 Å². The van der Waals surface area contributed by atoms with E-state index in [0.29, 0.717) is 23.3 Å². The molecule has 2 atom stereocenters. The summed E-state index contributed by atoms with van der Waals surface area (Å²) in [5.41, 5.74) is 3.09. The molecule has 0 amide bonds. The van der Waals surface area contributed by atoms with Crippen molar-refractivity contribution in [1.82, 2.24) is 24.1 Å². The normalized spacial score (nSPS) is 23.1. The highest BCUT2D eigenvalue weighted by molar-refractivity contribution is 5.55. The largest absolute Gasteiger partial charge is 0.355 e. The van der Waals surface area contributed by atoms with Gasteiger partial charge < -0.3 is 14.0 Å². The molecule has 3 aromatic heterocycles. The Morgan fingerprint density at radius 3 is 2.72 bits per heavy atom. The molecule has 1 aliphatic carbocycles. The molecule has 2 aliphatic heterocycles. The molecule has 0 unspecified atom stereocenters. The van der Waals surface area contributed by atoms with Crippen LogP contribution in [0.15, 0.2) is 41.7 Å². The van der Waals surface area contributed by atoms with Crippen molar-refractivity contribution in [1.29, 1.82) is 0 Å². The van der Waals surface area contributed by atoms with Gasteiger partial charge in [-0.2, -0.15) is 0 Å². The minimum atomic E-state index is 0.0815. The first-order chi connectivity index (χ1) is 14.2. The van der Waals surface area contributed by atoms with E-state index in [1.807, 2.05) is 28.4 Å². The van der Waals surface area contributed by atoms with Crippen LogP contribution in [-0.2, 0) is 13.6 Å². The number of piperidine rings is 1. The molecule has 7 nitrogen and oxygen atoms in total. The van der Waals surface area contributed by atoms with Crippen LogP contribution in [0.3, 0.4) is 0 Å². The number of nitrogens with zero attached hydrogens (tertiary/aromatic N) is 6. The van der Waals surface area contributed by atoms with Gasteiger partial charge in [-0.25, -0.2) is 15.0 Å². The minimum Gasteiger partial charge on any atom is -0.355 e. The summed E-state index contributed by atoms with van der Waals surface area (Å²) >= 11 is 0. The van der Waals surface area contributed by atoms with Crippen molar-refractivity contribution in [3.05, 3.63) is 58.7 Å². The fourth-order valence-corrected chi connectivity index (χ4v) is 5.07. The van der Waals surface area contributed by atoms with E-state index in [0.717, 1.165) is 43.4 Å². The van der Waals surface area contributed by atoms with Crippen LogP contribution in [0.1, 0.15) is 42.5 Å². The quantitative estimate of drug-likeness (QED) is 0.690. The molecule has 2 fully saturated rings. The Morgan fingerprint density at radius 2 is 1.93 bits per heavy atom. The highest BCUT2D eigenvalue weighted by atomic mass is 16.1. The Hall–Kier alpha value is -2.96. The third-order valence-corrected chi connectivity index (χ3v) is 6.66. The summed E-state index contributed by atoms with van der Waals surface area (Å²) in [6.45, 7) is 2.61. The highest BCUT2D eigenvalue weighted by Crippen LogP contribution is 2.41. The molecule has 0 spiro atoms. The van der Waals surface area contributed by atoms with Gasteiger partial charge in [0.15, 0.2) is 0 Å². The summed E-state index contributed by atoms with van der Waals surface area (Å²) in [7, 11) is 1.93. The number of aryl methyl sites for hydroxylation is 1. The third kappa shape index (κ3) is 2.79. The zero-order valence-electron chi connectivity index (χ0n) is 16.5. The summed E-state index contributed by atoms with van der Waals surface area (Å²) < 4.78 is 3.90. The van der Waals surface area contributed by atoms with Crippen molar-refractivity contribution in [2.75, 3.05) is 18.0 Å². The maximum atomic E-state index is 13.2. The van der Waals surface area contributed by atoms with Crippen molar-refractivity contribution in [2.24, 2.45) is 13.0 Å². The smallest absolute Gasteiger partial charge is 0.261 e. The molecule has 3 aromatic rings. The van der Waals surface area contributed by atoms with E-state index >= 15 is 0 Å². The number of hydrogen-bond donors (Lipinski definition) is 0. The number of hydrogen-bond acceptors (Lipinski definition) is 5. The summed E-state index contributed by atoms with van der Waals surface area (Å²) in [5, 5.41) is 0. The van der Waals surface area contributed by atoms with Crippen LogP contribution in [0, 0.1) is 5.92 Å². The van der Waals surface area contributed by atoms with E-state index in [1.54, 1.807) is 12.5 Å². The fourth-order valence-electron chi connectivity index (χ4n) is 5.07. The molecule has 0 radical (unpaired) electrons. The first-order valence-corrected chi connectivity index (χ1v) is 10.5. The van der Waals surface area contributed by atoms with Crippen LogP contribution >= 0.6 is 0 Å². The van der Waals surface area contributed by atoms with E-state index in [1.165, 1.54) is 18.5 Å². The van der Waals surface area contributed by atoms with Crippen molar-refractivity contribution >= 4 is 5.82 Å². The number of fused-ring (bicyclic) bond motifs is 4. The summed E-state index contributed by atoms with van der Waals surface area (Å²) in [5.74, 6) is 3.21. The van der Waals surface area contributed by atoms with Gasteiger partial charge in [0.25, 0.3) is 5.56 Å². The number of rotatable bonds is 3. The summed E-state index contributed by atoms with van der Waals surface area (Å²) in [6.07, 6.45) is 8.96. The molecule has 7 heteroatoms. The maximum absolute atomic E-state index is 13.2. The van der Waals surface area contributed by atoms with Gasteiger partial charge in [0, 0.05) is 68.4 Å². The predicted molar refractivity (Wildman–Crippen MR) is 110 cm³/mol. The molecular weight excluding hydrogens is 364 g/mol. The van der Waals surface area contributed by atoms with Gasteiger partial charge >= 0.3 is 0 Å². The third-order valence-electron chi connectivity index (χ3n) is 6.66. The van der Waals surface area contributed by atoms with Gasteiger partial charge in [-0.05, 0) is 37.3 Å². The first kappa shape index (κ1) is 16.9. The Morgan fingerprint density at radius 1 is 1.03 bits per heavy atom. The van der Waals surface area contributed by atoms with Crippen LogP contribution in [0.4, 0.5) is 5.82 Å². The predicted octanol–water partition coefficient (Wildman–Crippen LogP) is 2.54. The number of pyridine rings is 1. The zero-order chi connectivity index (χ0) is 19.5. The lowest BCUT2D eigenvalue weighted by Gasteiger charge is -2.43. The number of aromatic nitrogens is 5. The second kappa shape index (κ2) is 6.27. The van der Waals surface area contributed by atoms with Crippen LogP contribution < -0.4 is 10.5 Å². The van der Waals surface area contributed by atoms with Gasteiger partial charge in [-0.1, -0.05) is 0 Å². The van der Waals surface area contributed by atoms with E-state index in [4.69, 9.17) is 0 Å². The Balaban J connectivity index is 1.34. The van der Waals surface area contributed by atoms with E-state index in [2.05, 4.69) is 32.0 Å². The summed E-state index contributed by atoms with van der Waals surface area (Å²) in [4.78, 5) is 29.1. The molecular formula is C22H24N6O. The minimum absolute atomic E-state index is 0.0815. The van der Waals surface area contributed by atoms with Crippen LogP contribution in [0.5, 0.6) is 0 Å². The lowest BCUT2D eigenvalue weighted by atomic mass is 9.83. The van der Waals surface area contributed by atoms with Gasteiger partial charge in [0.2, 0.25) is 0 Å². The average molecular weight is 388 g/mol. The number of anilines is 1. The zero-order valence-corrected chi connectivity index (χ0v) is 16.5. The summed E-state index contributed by atoms with van der Waals surface area (Å²) in [6, 6.07) is 6.26. The fraction of sp³-hybridized carbons (Fsp3) is 0.455. The topological polar surface area (TPSA) is 68.8 Å². The van der Waals surface area contributed by atoms with E-state index in [9.17, 15) is 4.79 Å². The van der Waals surface area contributed by atoms with Crippen molar-refractivity contribution in [3.63, 3.8) is 0 Å². The molecule has 0 N–H and O–H groups in total.